The molecule has 2 aromatic heterocycles. The number of rotatable bonds is 7. The normalized spacial score (nSPS) is 20.7. The minimum Gasteiger partial charge on any atom is -0.392 e. The molecule has 1 unspecified atom stereocenters. The molecule has 15 heteroatoms. The van der Waals surface area contributed by atoms with Crippen molar-refractivity contribution in [3.8, 4) is 0 Å². The summed E-state index contributed by atoms with van der Waals surface area (Å²) in [5.41, 5.74) is -1.71. The molecule has 0 saturated carbocycles. The average Bonchev–Trinajstić information content (AvgIpc) is 3.29. The minimum atomic E-state index is -4.60. The van der Waals surface area contributed by atoms with Gasteiger partial charge in [-0.1, -0.05) is 6.92 Å². The number of carbonyl (C=O) groups excluding carboxylic acids is 1. The Labute approximate surface area is 190 Å². The Morgan fingerprint density at radius 1 is 1.26 bits per heavy atom. The third-order valence-electron chi connectivity index (χ3n) is 5.17. The number of hydrogen-bond acceptors (Lipinski definition) is 8. The summed E-state index contributed by atoms with van der Waals surface area (Å²) in [6, 6.07) is -0.820. The molecule has 184 valence electrons. The van der Waals surface area contributed by atoms with Gasteiger partial charge >= 0.3 is 6.18 Å². The largest absolute Gasteiger partial charge is 0.419 e. The van der Waals surface area contributed by atoms with Crippen molar-refractivity contribution in [2.75, 3.05) is 25.5 Å². The van der Waals surface area contributed by atoms with Gasteiger partial charge in [-0.2, -0.15) is 23.4 Å². The van der Waals surface area contributed by atoms with Gasteiger partial charge in [0.15, 0.2) is 0 Å². The predicted octanol–water partition coefficient (Wildman–Crippen LogP) is 2.11. The van der Waals surface area contributed by atoms with Crippen LogP contribution in [0.3, 0.4) is 0 Å². The number of anilines is 1. The zero-order valence-electron chi connectivity index (χ0n) is 18.1. The van der Waals surface area contributed by atoms with E-state index >= 15 is 0 Å². The van der Waals surface area contributed by atoms with Gasteiger partial charge in [-0.05, 0) is 5.92 Å². The van der Waals surface area contributed by atoms with Gasteiger partial charge < -0.3 is 15.5 Å². The molecule has 2 atom stereocenters. The second-order valence-corrected chi connectivity index (χ2v) is 7.72. The summed E-state index contributed by atoms with van der Waals surface area (Å²) in [4.78, 5) is 22.2. The highest BCUT2D eigenvalue weighted by Gasteiger charge is 2.47. The molecule has 34 heavy (non-hydrogen) atoms. The Morgan fingerprint density at radius 2 is 1.88 bits per heavy atom. The highest BCUT2D eigenvalue weighted by atomic mass is 19.4. The monoisotopic (exact) mass is 487 g/mol. The van der Waals surface area contributed by atoms with Crippen molar-refractivity contribution >= 4 is 23.3 Å². The summed E-state index contributed by atoms with van der Waals surface area (Å²) >= 11 is 0. The van der Waals surface area contributed by atoms with Crippen LogP contribution in [0.15, 0.2) is 31.0 Å². The quantitative estimate of drug-likeness (QED) is 0.404. The summed E-state index contributed by atoms with van der Waals surface area (Å²) in [5.74, 6) is -5.03. The lowest BCUT2D eigenvalue weighted by Gasteiger charge is -2.43. The van der Waals surface area contributed by atoms with E-state index in [0.717, 1.165) is 9.70 Å². The van der Waals surface area contributed by atoms with Crippen LogP contribution in [0.4, 0.5) is 27.9 Å². The zero-order chi connectivity index (χ0) is 25.1. The second kappa shape index (κ2) is 9.69. The van der Waals surface area contributed by atoms with Gasteiger partial charge in [0.05, 0.1) is 30.5 Å². The molecule has 1 fully saturated rings. The molecule has 1 aliphatic heterocycles. The van der Waals surface area contributed by atoms with Crippen molar-refractivity contribution in [1.82, 2.24) is 35.2 Å². The maximum atomic E-state index is 14.4. The van der Waals surface area contributed by atoms with Crippen LogP contribution in [0.1, 0.15) is 18.9 Å². The number of carbonyl (C=O) groups is 1. The Morgan fingerprint density at radius 3 is 2.44 bits per heavy atom. The van der Waals surface area contributed by atoms with Crippen LogP contribution in [0.25, 0.3) is 5.70 Å². The molecule has 1 amide bonds. The molecule has 0 aliphatic carbocycles. The van der Waals surface area contributed by atoms with Crippen LogP contribution in [0, 0.1) is 11.3 Å². The number of aromatic nitrogens is 5. The number of piperidine rings is 1. The molecule has 10 nitrogen and oxygen atoms in total. The fourth-order valence-corrected chi connectivity index (χ4v) is 3.60. The van der Waals surface area contributed by atoms with Crippen LogP contribution in [0.2, 0.25) is 0 Å². The lowest BCUT2D eigenvalue weighted by atomic mass is 9.88. The zero-order valence-corrected chi connectivity index (χ0v) is 18.1. The first kappa shape index (κ1) is 25.0. The van der Waals surface area contributed by atoms with E-state index in [0.29, 0.717) is 12.4 Å². The van der Waals surface area contributed by atoms with Crippen molar-refractivity contribution in [1.29, 1.82) is 5.41 Å². The topological polar surface area (TPSA) is 125 Å². The van der Waals surface area contributed by atoms with E-state index in [4.69, 9.17) is 5.41 Å². The van der Waals surface area contributed by atoms with Gasteiger partial charge in [0.25, 0.3) is 11.8 Å². The molecule has 1 aliphatic rings. The van der Waals surface area contributed by atoms with Crippen LogP contribution < -0.4 is 10.6 Å². The SMILES string of the molecule is CN/C=C(\C(=N)C(=O)N1CC(F)(F)C[C@@H](C)C1CNc1ncc(C(F)(F)F)cn1)n1nccn1. The Bertz CT molecular complexity index is 1040. The third-order valence-corrected chi connectivity index (χ3v) is 5.17. The summed E-state index contributed by atoms with van der Waals surface area (Å²) in [6.45, 7) is 0.473. The molecule has 0 spiro atoms. The standard InChI is InChI=1S/C19H22F5N9O/c1-11-5-18(20,21)10-32(16(34)15(25)14(8-26-2)33-30-3-4-31-33)13(11)9-29-17-27-6-12(7-28-17)19(22,23)24/h3-4,6-8,11,13,25-26H,5,9-10H2,1-2H3,(H,27,28,29)/b14-8+,25-15?/t11-,13?/m1/s1. The molecule has 0 radical (unpaired) electrons. The lowest BCUT2D eigenvalue weighted by molar-refractivity contribution is -0.145. The lowest BCUT2D eigenvalue weighted by Crippen LogP contribution is -2.59. The molecular weight excluding hydrogens is 465 g/mol. The Balaban J connectivity index is 1.81. The van der Waals surface area contributed by atoms with Crippen molar-refractivity contribution in [2.45, 2.75) is 31.5 Å². The number of hydrogen-bond donors (Lipinski definition) is 3. The van der Waals surface area contributed by atoms with Crippen molar-refractivity contribution in [2.24, 2.45) is 5.92 Å². The molecule has 3 N–H and O–H groups in total. The smallest absolute Gasteiger partial charge is 0.392 e. The van der Waals surface area contributed by atoms with Crippen LogP contribution >= 0.6 is 0 Å². The number of alkyl halides is 5. The first-order valence-electron chi connectivity index (χ1n) is 10.1. The highest BCUT2D eigenvalue weighted by Crippen LogP contribution is 2.35. The van der Waals surface area contributed by atoms with Crippen molar-refractivity contribution < 1.29 is 26.7 Å². The first-order chi connectivity index (χ1) is 15.9. The van der Waals surface area contributed by atoms with Gasteiger partial charge in [-0.25, -0.2) is 18.7 Å². The number of halogens is 5. The van der Waals surface area contributed by atoms with E-state index in [1.807, 2.05) is 0 Å². The maximum Gasteiger partial charge on any atom is 0.419 e. The van der Waals surface area contributed by atoms with Crippen LogP contribution in [-0.4, -0.2) is 73.6 Å². The van der Waals surface area contributed by atoms with Gasteiger partial charge in [-0.3, -0.25) is 10.2 Å². The summed E-state index contributed by atoms with van der Waals surface area (Å²) in [7, 11) is 1.52. The van der Waals surface area contributed by atoms with Gasteiger partial charge in [0.2, 0.25) is 5.95 Å². The fourth-order valence-electron chi connectivity index (χ4n) is 3.60. The Hall–Kier alpha value is -3.65. The van der Waals surface area contributed by atoms with E-state index < -0.39 is 54.2 Å². The molecule has 1 saturated heterocycles. The number of amides is 1. The number of nitrogens with zero attached hydrogens (tertiary/aromatic N) is 6. The third kappa shape index (κ3) is 5.63. The van der Waals surface area contributed by atoms with Gasteiger partial charge in [0.1, 0.15) is 11.4 Å². The van der Waals surface area contributed by atoms with Crippen LogP contribution in [0.5, 0.6) is 0 Å². The fraction of sp³-hybridized carbons (Fsp3) is 0.474. The van der Waals surface area contributed by atoms with E-state index in [9.17, 15) is 26.7 Å². The molecule has 3 heterocycles. The predicted molar refractivity (Wildman–Crippen MR) is 111 cm³/mol. The van der Waals surface area contributed by atoms with E-state index in [1.54, 1.807) is 0 Å². The maximum absolute atomic E-state index is 14.4. The molecule has 0 aromatic carbocycles. The van der Waals surface area contributed by atoms with Crippen LogP contribution in [-0.2, 0) is 11.0 Å². The average molecular weight is 487 g/mol. The number of nitrogens with one attached hydrogen (secondary N) is 3. The van der Waals surface area contributed by atoms with E-state index in [1.165, 1.54) is 32.6 Å². The van der Waals surface area contributed by atoms with Crippen molar-refractivity contribution in [3.05, 3.63) is 36.6 Å². The van der Waals surface area contributed by atoms with Gasteiger partial charge in [-0.15, -0.1) is 4.80 Å². The second-order valence-electron chi connectivity index (χ2n) is 7.72. The van der Waals surface area contributed by atoms with Gasteiger partial charge in [0, 0.05) is 38.6 Å². The number of likely N-dealkylation sites (tertiary alicyclic amines) is 1. The van der Waals surface area contributed by atoms with Crippen molar-refractivity contribution in [3.63, 3.8) is 0 Å². The summed E-state index contributed by atoms with van der Waals surface area (Å²) < 4.78 is 66.9. The first-order valence-corrected chi connectivity index (χ1v) is 10.1. The summed E-state index contributed by atoms with van der Waals surface area (Å²) in [5, 5.41) is 21.4. The Kier molecular flexibility index (Phi) is 7.12. The van der Waals surface area contributed by atoms with E-state index in [2.05, 4.69) is 30.8 Å². The molecule has 3 rings (SSSR count). The highest BCUT2D eigenvalue weighted by molar-refractivity contribution is 6.52. The molecule has 2 aromatic rings. The minimum absolute atomic E-state index is 0.0585. The molecule has 0 bridgehead atoms. The molecular formula is C19H22F5N9O. The summed E-state index contributed by atoms with van der Waals surface area (Å²) in [6.07, 6.45) is 0.0216. The van der Waals surface area contributed by atoms with E-state index in [-0.39, 0.29) is 18.2 Å².